The first-order valence-corrected chi connectivity index (χ1v) is 5.22. The quantitative estimate of drug-likeness (QED) is 0.578. The van der Waals surface area contributed by atoms with Gasteiger partial charge in [-0.1, -0.05) is 0 Å². The molecular formula is C12H10N2O3. The van der Waals surface area contributed by atoms with Crippen molar-refractivity contribution in [2.45, 2.75) is 18.9 Å². The summed E-state index contributed by atoms with van der Waals surface area (Å²) < 4.78 is 5.45. The SMILES string of the molecule is N#CC1=CCCC(c2ccc([N+](=O)[O-])cc2)O1. The monoisotopic (exact) mass is 230 g/mol. The van der Waals surface area contributed by atoms with Crippen molar-refractivity contribution in [2.75, 3.05) is 0 Å². The first-order valence-electron chi connectivity index (χ1n) is 5.22. The number of nitro benzene ring substituents is 1. The standard InChI is InChI=1S/C12H10N2O3/c13-8-11-2-1-3-12(17-11)9-4-6-10(7-5-9)14(15)16/h2,4-7,12H,1,3H2. The lowest BCUT2D eigenvalue weighted by molar-refractivity contribution is -0.384. The smallest absolute Gasteiger partial charge is 0.269 e. The van der Waals surface area contributed by atoms with Gasteiger partial charge >= 0.3 is 0 Å². The molecule has 2 rings (SSSR count). The number of benzene rings is 1. The molecular weight excluding hydrogens is 220 g/mol. The minimum Gasteiger partial charge on any atom is -0.476 e. The van der Waals surface area contributed by atoms with Crippen molar-refractivity contribution < 1.29 is 9.66 Å². The van der Waals surface area contributed by atoms with E-state index in [1.165, 1.54) is 12.1 Å². The highest BCUT2D eigenvalue weighted by Gasteiger charge is 2.18. The van der Waals surface area contributed by atoms with Crippen molar-refractivity contribution in [3.63, 3.8) is 0 Å². The number of hydrogen-bond donors (Lipinski definition) is 0. The van der Waals surface area contributed by atoms with Gasteiger partial charge in [0, 0.05) is 12.1 Å². The van der Waals surface area contributed by atoms with Crippen molar-refractivity contribution in [3.8, 4) is 6.07 Å². The summed E-state index contributed by atoms with van der Waals surface area (Å²) in [5.41, 5.74) is 0.914. The molecule has 0 radical (unpaired) electrons. The van der Waals surface area contributed by atoms with Crippen LogP contribution in [0.2, 0.25) is 0 Å². The number of nitro groups is 1. The zero-order valence-electron chi connectivity index (χ0n) is 9.00. The van der Waals surface area contributed by atoms with Gasteiger partial charge < -0.3 is 4.74 Å². The molecule has 1 heterocycles. The Balaban J connectivity index is 2.16. The van der Waals surface area contributed by atoms with Crippen molar-refractivity contribution in [3.05, 3.63) is 51.8 Å². The molecule has 5 nitrogen and oxygen atoms in total. The van der Waals surface area contributed by atoms with Crippen LogP contribution in [0.1, 0.15) is 24.5 Å². The normalized spacial score (nSPS) is 18.8. The van der Waals surface area contributed by atoms with Gasteiger partial charge in [0.1, 0.15) is 12.2 Å². The van der Waals surface area contributed by atoms with Crippen molar-refractivity contribution in [1.29, 1.82) is 5.26 Å². The van der Waals surface area contributed by atoms with E-state index in [1.807, 2.05) is 6.07 Å². The molecule has 0 aromatic heterocycles. The second kappa shape index (κ2) is 4.66. The van der Waals surface area contributed by atoms with Crippen LogP contribution < -0.4 is 0 Å². The summed E-state index contributed by atoms with van der Waals surface area (Å²) in [5, 5.41) is 19.2. The lowest BCUT2D eigenvalue weighted by Gasteiger charge is -2.21. The summed E-state index contributed by atoms with van der Waals surface area (Å²) >= 11 is 0. The third kappa shape index (κ3) is 2.42. The molecule has 5 heteroatoms. The fourth-order valence-electron chi connectivity index (χ4n) is 1.74. The van der Waals surface area contributed by atoms with E-state index < -0.39 is 4.92 Å². The van der Waals surface area contributed by atoms with E-state index >= 15 is 0 Å². The van der Waals surface area contributed by atoms with Crippen LogP contribution in [0.3, 0.4) is 0 Å². The van der Waals surface area contributed by atoms with E-state index in [0.29, 0.717) is 5.76 Å². The maximum absolute atomic E-state index is 10.5. The van der Waals surface area contributed by atoms with Crippen LogP contribution in [0.15, 0.2) is 36.1 Å². The van der Waals surface area contributed by atoms with Crippen molar-refractivity contribution in [1.82, 2.24) is 0 Å². The largest absolute Gasteiger partial charge is 0.476 e. The van der Waals surface area contributed by atoms with Crippen LogP contribution in [0.5, 0.6) is 0 Å². The van der Waals surface area contributed by atoms with Crippen LogP contribution in [0, 0.1) is 21.4 Å². The molecule has 1 atom stereocenters. The molecule has 0 bridgehead atoms. The molecule has 0 aliphatic carbocycles. The van der Waals surface area contributed by atoms with Crippen LogP contribution >= 0.6 is 0 Å². The van der Waals surface area contributed by atoms with E-state index in [0.717, 1.165) is 18.4 Å². The predicted octanol–water partition coefficient (Wildman–Crippen LogP) is 2.85. The number of allylic oxidation sites excluding steroid dienone is 2. The van der Waals surface area contributed by atoms with Gasteiger partial charge in [0.25, 0.3) is 5.69 Å². The fraction of sp³-hybridized carbons (Fsp3) is 0.250. The van der Waals surface area contributed by atoms with Crippen LogP contribution in [-0.4, -0.2) is 4.92 Å². The third-order valence-corrected chi connectivity index (χ3v) is 2.61. The Morgan fingerprint density at radius 3 is 2.71 bits per heavy atom. The number of nitriles is 1. The number of rotatable bonds is 2. The summed E-state index contributed by atoms with van der Waals surface area (Å²) in [5.74, 6) is 0.319. The lowest BCUT2D eigenvalue weighted by atomic mass is 10.0. The van der Waals surface area contributed by atoms with Crippen LogP contribution in [-0.2, 0) is 4.74 Å². The number of hydrogen-bond acceptors (Lipinski definition) is 4. The highest BCUT2D eigenvalue weighted by molar-refractivity contribution is 5.34. The van der Waals surface area contributed by atoms with E-state index in [-0.39, 0.29) is 11.8 Å². The molecule has 0 N–H and O–H groups in total. The second-order valence-corrected chi connectivity index (χ2v) is 3.71. The Labute approximate surface area is 98.1 Å². The molecule has 1 aromatic rings. The number of non-ortho nitro benzene ring substituents is 1. The molecule has 17 heavy (non-hydrogen) atoms. The third-order valence-electron chi connectivity index (χ3n) is 2.61. The second-order valence-electron chi connectivity index (χ2n) is 3.71. The minimum absolute atomic E-state index is 0.0561. The summed E-state index contributed by atoms with van der Waals surface area (Å²) in [7, 11) is 0. The van der Waals surface area contributed by atoms with Crippen molar-refractivity contribution in [2.24, 2.45) is 0 Å². The molecule has 1 aliphatic heterocycles. The average molecular weight is 230 g/mol. The number of ether oxygens (including phenoxy) is 1. The van der Waals surface area contributed by atoms with E-state index in [1.54, 1.807) is 18.2 Å². The zero-order chi connectivity index (χ0) is 12.3. The van der Waals surface area contributed by atoms with Gasteiger partial charge in [0.05, 0.1) is 4.92 Å². The summed E-state index contributed by atoms with van der Waals surface area (Å²) in [4.78, 5) is 10.1. The van der Waals surface area contributed by atoms with E-state index in [4.69, 9.17) is 10.00 Å². The first kappa shape index (κ1) is 11.1. The van der Waals surface area contributed by atoms with Crippen LogP contribution in [0.4, 0.5) is 5.69 Å². The Bertz CT molecular complexity index is 499. The summed E-state index contributed by atoms with van der Waals surface area (Å²) in [6.07, 6.45) is 3.13. The van der Waals surface area contributed by atoms with Gasteiger partial charge in [-0.2, -0.15) is 5.26 Å². The molecule has 0 fully saturated rings. The zero-order valence-corrected chi connectivity index (χ0v) is 9.00. The Morgan fingerprint density at radius 1 is 1.41 bits per heavy atom. The fourth-order valence-corrected chi connectivity index (χ4v) is 1.74. The highest BCUT2D eigenvalue weighted by Crippen LogP contribution is 2.30. The maximum Gasteiger partial charge on any atom is 0.269 e. The molecule has 1 aromatic carbocycles. The molecule has 1 unspecified atom stereocenters. The maximum atomic E-state index is 10.5. The number of nitrogens with zero attached hydrogens (tertiary/aromatic N) is 2. The molecule has 0 saturated heterocycles. The van der Waals surface area contributed by atoms with Crippen molar-refractivity contribution >= 4 is 5.69 Å². The van der Waals surface area contributed by atoms with Gasteiger partial charge in [-0.25, -0.2) is 0 Å². The molecule has 0 amide bonds. The molecule has 0 saturated carbocycles. The average Bonchev–Trinajstić information content (AvgIpc) is 2.39. The van der Waals surface area contributed by atoms with E-state index in [2.05, 4.69) is 0 Å². The van der Waals surface area contributed by atoms with E-state index in [9.17, 15) is 10.1 Å². The Hall–Kier alpha value is -2.35. The van der Waals surface area contributed by atoms with Gasteiger partial charge in [-0.3, -0.25) is 10.1 Å². The Morgan fingerprint density at radius 2 is 2.12 bits per heavy atom. The highest BCUT2D eigenvalue weighted by atomic mass is 16.6. The Kier molecular flexibility index (Phi) is 3.06. The lowest BCUT2D eigenvalue weighted by Crippen LogP contribution is -2.07. The van der Waals surface area contributed by atoms with Gasteiger partial charge in [0.2, 0.25) is 0 Å². The molecule has 1 aliphatic rings. The minimum atomic E-state index is -0.438. The predicted molar refractivity (Wildman–Crippen MR) is 59.9 cm³/mol. The molecule has 86 valence electrons. The first-order chi connectivity index (χ1) is 8.20. The molecule has 0 spiro atoms. The topological polar surface area (TPSA) is 76.2 Å². The van der Waals surface area contributed by atoms with Crippen LogP contribution in [0.25, 0.3) is 0 Å². The van der Waals surface area contributed by atoms with Gasteiger partial charge in [-0.05, 0) is 36.6 Å². The summed E-state index contributed by atoms with van der Waals surface area (Å²) in [6.45, 7) is 0. The summed E-state index contributed by atoms with van der Waals surface area (Å²) in [6, 6.07) is 8.20. The van der Waals surface area contributed by atoms with Gasteiger partial charge in [0.15, 0.2) is 5.76 Å². The van der Waals surface area contributed by atoms with Gasteiger partial charge in [-0.15, -0.1) is 0 Å².